The van der Waals surface area contributed by atoms with Crippen LogP contribution in [0.1, 0.15) is 11.1 Å². The van der Waals surface area contributed by atoms with Crippen LogP contribution in [0.5, 0.6) is 23.0 Å². The highest BCUT2D eigenvalue weighted by Crippen LogP contribution is 2.46. The van der Waals surface area contributed by atoms with Crippen LogP contribution in [-0.2, 0) is 21.7 Å². The summed E-state index contributed by atoms with van der Waals surface area (Å²) in [6, 6.07) is 17.7. The molecule has 0 aliphatic carbocycles. The monoisotopic (exact) mass is 488 g/mol. The van der Waals surface area contributed by atoms with Crippen molar-refractivity contribution in [3.8, 4) is 23.0 Å². The van der Waals surface area contributed by atoms with Gasteiger partial charge in [0.25, 0.3) is 12.1 Å². The fraction of sp³-hybridized carbons (Fsp3) is 0.160. The van der Waals surface area contributed by atoms with Gasteiger partial charge in [0.1, 0.15) is 16.6 Å². The number of aliphatic hydroxyl groups is 1. The summed E-state index contributed by atoms with van der Waals surface area (Å²) < 4.78 is 36.9. The molecular weight excluding hydrogens is 472 g/mol. The lowest BCUT2D eigenvalue weighted by molar-refractivity contribution is -0.186. The van der Waals surface area contributed by atoms with E-state index in [2.05, 4.69) is 8.75 Å². The summed E-state index contributed by atoms with van der Waals surface area (Å²) in [7, 11) is 0. The molecule has 4 aromatic rings. The molecule has 3 aliphatic rings. The maximum atomic E-state index is 13.2. The topological polar surface area (TPSA) is 109 Å². The van der Waals surface area contributed by atoms with E-state index < -0.39 is 18.0 Å². The number of hydrogen-bond acceptors (Lipinski definition) is 10. The predicted octanol–water partition coefficient (Wildman–Crippen LogP) is 3.46. The molecule has 1 aromatic heterocycles. The van der Waals surface area contributed by atoms with Crippen molar-refractivity contribution in [1.82, 2.24) is 8.75 Å². The van der Waals surface area contributed by atoms with Gasteiger partial charge in [0.2, 0.25) is 6.79 Å². The molecule has 1 atom stereocenters. The Morgan fingerprint density at radius 3 is 2.51 bits per heavy atom. The molecule has 1 N–H and O–H groups in total. The number of esters is 1. The fourth-order valence-electron chi connectivity index (χ4n) is 4.51. The third-order valence-electron chi connectivity index (χ3n) is 6.21. The molecule has 3 aromatic carbocycles. The molecule has 0 saturated carbocycles. The first kappa shape index (κ1) is 20.2. The number of hydrogen-bond donors (Lipinski definition) is 1. The van der Waals surface area contributed by atoms with Crippen molar-refractivity contribution in [3.63, 3.8) is 0 Å². The fourth-order valence-corrected chi connectivity index (χ4v) is 5.03. The third kappa shape index (κ3) is 3.14. The third-order valence-corrected chi connectivity index (χ3v) is 6.77. The van der Waals surface area contributed by atoms with Gasteiger partial charge in [0.15, 0.2) is 23.0 Å². The van der Waals surface area contributed by atoms with Gasteiger partial charge in [-0.15, -0.1) is 0 Å². The average molecular weight is 488 g/mol. The second kappa shape index (κ2) is 7.42. The second-order valence-corrected chi connectivity index (χ2v) is 8.80. The Balaban J connectivity index is 1.36. The van der Waals surface area contributed by atoms with Crippen LogP contribution in [0, 0.1) is 0 Å². The zero-order chi connectivity index (χ0) is 23.6. The molecule has 9 nitrogen and oxygen atoms in total. The first-order valence-corrected chi connectivity index (χ1v) is 11.5. The van der Waals surface area contributed by atoms with Crippen LogP contribution >= 0.6 is 11.7 Å². The zero-order valence-electron chi connectivity index (χ0n) is 18.0. The standard InChI is InChI=1S/C25H16N2O7S/c28-23-22(24-32-19-3-1-2-4-20(19)33-24)15(9-13-5-8-18-21(10-13)31-12-30-18)25(29,34-23)14-6-7-16-17(11-14)27-35-26-16/h1-8,10-11,24,29H,9,12H2. The van der Waals surface area contributed by atoms with E-state index in [1.54, 1.807) is 36.4 Å². The van der Waals surface area contributed by atoms with Gasteiger partial charge in [-0.25, -0.2) is 4.79 Å². The van der Waals surface area contributed by atoms with E-state index in [0.717, 1.165) is 17.3 Å². The number of cyclic esters (lactones) is 1. The zero-order valence-corrected chi connectivity index (χ0v) is 18.8. The molecule has 35 heavy (non-hydrogen) atoms. The van der Waals surface area contributed by atoms with Crippen LogP contribution < -0.4 is 18.9 Å². The minimum atomic E-state index is -2.05. The molecule has 0 bridgehead atoms. The summed E-state index contributed by atoms with van der Waals surface area (Å²) in [4.78, 5) is 13.2. The minimum Gasteiger partial charge on any atom is -0.454 e. The molecule has 0 fully saturated rings. The predicted molar refractivity (Wildman–Crippen MR) is 122 cm³/mol. The highest BCUT2D eigenvalue weighted by Gasteiger charge is 2.52. The van der Waals surface area contributed by atoms with Gasteiger partial charge in [-0.1, -0.05) is 18.2 Å². The van der Waals surface area contributed by atoms with Crippen LogP contribution in [0.3, 0.4) is 0 Å². The van der Waals surface area contributed by atoms with Gasteiger partial charge < -0.3 is 28.8 Å². The van der Waals surface area contributed by atoms with Gasteiger partial charge in [-0.2, -0.15) is 8.75 Å². The number of fused-ring (bicyclic) bond motifs is 3. The average Bonchev–Trinajstić information content (AvgIpc) is 3.64. The Labute approximate surface area is 202 Å². The highest BCUT2D eigenvalue weighted by atomic mass is 32.1. The molecule has 4 heterocycles. The molecule has 0 radical (unpaired) electrons. The number of para-hydroxylation sites is 2. The molecule has 3 aliphatic heterocycles. The maximum Gasteiger partial charge on any atom is 0.344 e. The quantitative estimate of drug-likeness (QED) is 0.432. The van der Waals surface area contributed by atoms with Gasteiger partial charge >= 0.3 is 5.97 Å². The number of carbonyl (C=O) groups excluding carboxylic acids is 1. The maximum absolute atomic E-state index is 13.2. The SMILES string of the molecule is O=C1OC(O)(c2ccc3nsnc3c2)C(Cc2ccc3c(c2)OCO3)=C1C1Oc2ccccc2O1. The summed E-state index contributed by atoms with van der Waals surface area (Å²) in [6.45, 7) is 0.141. The second-order valence-electron chi connectivity index (χ2n) is 8.27. The summed E-state index contributed by atoms with van der Waals surface area (Å²) >= 11 is 1.07. The molecule has 10 heteroatoms. The number of nitrogens with zero attached hydrogens (tertiary/aromatic N) is 2. The number of carbonyl (C=O) groups is 1. The van der Waals surface area contributed by atoms with Gasteiger partial charge in [0, 0.05) is 17.6 Å². The van der Waals surface area contributed by atoms with Crippen LogP contribution in [0.25, 0.3) is 11.0 Å². The van der Waals surface area contributed by atoms with E-state index in [9.17, 15) is 9.90 Å². The Bertz CT molecular complexity index is 1520. The van der Waals surface area contributed by atoms with Crippen molar-refractivity contribution in [2.24, 2.45) is 0 Å². The van der Waals surface area contributed by atoms with Gasteiger partial charge in [0.05, 0.1) is 11.7 Å². The molecule has 0 saturated heterocycles. The molecule has 1 unspecified atom stereocenters. The molecule has 0 spiro atoms. The Morgan fingerprint density at radius 2 is 1.69 bits per heavy atom. The van der Waals surface area contributed by atoms with Crippen molar-refractivity contribution in [1.29, 1.82) is 0 Å². The van der Waals surface area contributed by atoms with Crippen molar-refractivity contribution in [2.75, 3.05) is 6.79 Å². The number of rotatable bonds is 4. The highest BCUT2D eigenvalue weighted by molar-refractivity contribution is 7.00. The Morgan fingerprint density at radius 1 is 0.914 bits per heavy atom. The van der Waals surface area contributed by atoms with Crippen LogP contribution in [0.2, 0.25) is 0 Å². The van der Waals surface area contributed by atoms with Crippen molar-refractivity contribution < 1.29 is 33.6 Å². The van der Waals surface area contributed by atoms with Crippen LogP contribution in [-0.4, -0.2) is 32.9 Å². The van der Waals surface area contributed by atoms with Crippen molar-refractivity contribution >= 4 is 28.7 Å². The largest absolute Gasteiger partial charge is 0.454 e. The van der Waals surface area contributed by atoms with E-state index in [4.69, 9.17) is 23.7 Å². The molecule has 174 valence electrons. The number of aromatic nitrogens is 2. The lowest BCUT2D eigenvalue weighted by Gasteiger charge is -2.25. The first-order valence-electron chi connectivity index (χ1n) is 10.8. The van der Waals surface area contributed by atoms with Gasteiger partial charge in [-0.05, 0) is 48.0 Å². The summed E-state index contributed by atoms with van der Waals surface area (Å²) in [5.41, 5.74) is 2.83. The number of benzene rings is 3. The molecule has 7 rings (SSSR count). The van der Waals surface area contributed by atoms with E-state index in [1.807, 2.05) is 24.3 Å². The lowest BCUT2D eigenvalue weighted by Crippen LogP contribution is -2.30. The smallest absolute Gasteiger partial charge is 0.344 e. The first-order chi connectivity index (χ1) is 17.1. The Kier molecular flexibility index (Phi) is 4.29. The van der Waals surface area contributed by atoms with Crippen LogP contribution in [0.4, 0.5) is 0 Å². The molecule has 0 amide bonds. The molecular formula is C25H16N2O7S. The van der Waals surface area contributed by atoms with E-state index in [-0.39, 0.29) is 18.8 Å². The van der Waals surface area contributed by atoms with Crippen LogP contribution in [0.15, 0.2) is 71.8 Å². The normalized spacial score (nSPS) is 20.7. The van der Waals surface area contributed by atoms with Crippen molar-refractivity contribution in [3.05, 3.63) is 82.9 Å². The van der Waals surface area contributed by atoms with E-state index >= 15 is 0 Å². The summed E-state index contributed by atoms with van der Waals surface area (Å²) in [5.74, 6) is -0.540. The van der Waals surface area contributed by atoms with Gasteiger partial charge in [-0.3, -0.25) is 0 Å². The number of ether oxygens (including phenoxy) is 5. The van der Waals surface area contributed by atoms with Crippen molar-refractivity contribution in [2.45, 2.75) is 18.5 Å². The minimum absolute atomic E-state index is 0.109. The summed E-state index contributed by atoms with van der Waals surface area (Å²) in [6.07, 6.45) is -0.899. The Hall–Kier alpha value is -4.15. The van der Waals surface area contributed by atoms with E-state index in [0.29, 0.717) is 45.2 Å². The van der Waals surface area contributed by atoms with E-state index in [1.165, 1.54) is 0 Å². The summed E-state index contributed by atoms with van der Waals surface area (Å²) in [5, 5.41) is 11.9. The lowest BCUT2D eigenvalue weighted by atomic mass is 9.89.